The van der Waals surface area contributed by atoms with Crippen LogP contribution in [-0.2, 0) is 4.74 Å². The van der Waals surface area contributed by atoms with Gasteiger partial charge in [-0.25, -0.2) is 0 Å². The zero-order valence-corrected chi connectivity index (χ0v) is 6.33. The number of hydrogen-bond donors (Lipinski definition) is 1. The number of nitrogens with two attached hydrogens (primary N) is 1. The summed E-state index contributed by atoms with van der Waals surface area (Å²) in [4.78, 5) is 0.608. The third-order valence-corrected chi connectivity index (χ3v) is 2.39. The van der Waals surface area contributed by atoms with Gasteiger partial charge in [0.25, 0.3) is 0 Å². The van der Waals surface area contributed by atoms with Gasteiger partial charge in [0.15, 0.2) is 0 Å². The molecule has 9 heavy (non-hydrogen) atoms. The molecule has 2 nitrogen and oxygen atoms in total. The second-order valence-electron chi connectivity index (χ2n) is 2.49. The molecule has 0 atom stereocenters. The van der Waals surface area contributed by atoms with Crippen LogP contribution in [0.5, 0.6) is 0 Å². The number of hydrogen-bond acceptors (Lipinski definition) is 2. The van der Waals surface area contributed by atoms with Crippen LogP contribution in [-0.4, -0.2) is 18.2 Å². The largest absolute Gasteiger partial charge is 0.393 e. The first-order valence-corrected chi connectivity index (χ1v) is 3.50. The van der Waals surface area contributed by atoms with Crippen molar-refractivity contribution in [2.75, 3.05) is 13.2 Å². The molecule has 1 aliphatic rings. The van der Waals surface area contributed by atoms with Gasteiger partial charge in [0.2, 0.25) is 0 Å². The first kappa shape index (κ1) is 6.96. The highest BCUT2D eigenvalue weighted by Crippen LogP contribution is 2.30. The summed E-state index contributed by atoms with van der Waals surface area (Å²) < 4.78 is 5.02. The van der Waals surface area contributed by atoms with Crippen LogP contribution in [0.4, 0.5) is 0 Å². The Morgan fingerprint density at radius 2 is 2.33 bits per heavy atom. The van der Waals surface area contributed by atoms with E-state index in [1.54, 1.807) is 0 Å². The number of ether oxygens (including phenoxy) is 1. The van der Waals surface area contributed by atoms with E-state index in [1.165, 1.54) is 0 Å². The lowest BCUT2D eigenvalue weighted by atomic mass is 9.83. The molecule has 1 saturated heterocycles. The maximum absolute atomic E-state index is 5.49. The predicted octanol–water partition coefficient (Wildman–Crippen LogP) is 0.699. The van der Waals surface area contributed by atoms with E-state index in [0.29, 0.717) is 4.99 Å². The molecule has 0 bridgehead atoms. The molecule has 0 aromatic rings. The summed E-state index contributed by atoms with van der Waals surface area (Å²) in [5.74, 6) is 0. The number of rotatable bonds is 2. The molecule has 3 heteroatoms. The highest BCUT2D eigenvalue weighted by atomic mass is 32.1. The molecule has 1 rings (SSSR count). The fraction of sp³-hybridized carbons (Fsp3) is 0.833. The van der Waals surface area contributed by atoms with E-state index in [1.807, 2.05) is 0 Å². The minimum Gasteiger partial charge on any atom is -0.393 e. The maximum atomic E-state index is 5.49. The fourth-order valence-electron chi connectivity index (χ4n) is 0.869. The van der Waals surface area contributed by atoms with E-state index in [-0.39, 0.29) is 5.41 Å². The average Bonchev–Trinajstić information content (AvgIpc) is 1.62. The lowest BCUT2D eigenvalue weighted by molar-refractivity contribution is -0.0700. The molecule has 52 valence electrons. The van der Waals surface area contributed by atoms with E-state index in [0.717, 1.165) is 19.6 Å². The van der Waals surface area contributed by atoms with Crippen LogP contribution in [0.3, 0.4) is 0 Å². The van der Waals surface area contributed by atoms with Crippen LogP contribution in [0.2, 0.25) is 0 Å². The Labute approximate surface area is 60.4 Å². The summed E-state index contributed by atoms with van der Waals surface area (Å²) >= 11 is 4.88. The van der Waals surface area contributed by atoms with Crippen molar-refractivity contribution in [3.63, 3.8) is 0 Å². The number of thiocarbonyl (C=S) groups is 1. The Kier molecular flexibility index (Phi) is 1.73. The normalized spacial score (nSPS) is 22.8. The van der Waals surface area contributed by atoms with Gasteiger partial charge in [-0.2, -0.15) is 0 Å². The van der Waals surface area contributed by atoms with E-state index in [9.17, 15) is 0 Å². The predicted molar refractivity (Wildman–Crippen MR) is 40.3 cm³/mol. The summed E-state index contributed by atoms with van der Waals surface area (Å²) in [6.07, 6.45) is 1.00. The summed E-state index contributed by atoms with van der Waals surface area (Å²) in [5.41, 5.74) is 5.55. The Morgan fingerprint density at radius 1 is 1.78 bits per heavy atom. The van der Waals surface area contributed by atoms with E-state index in [4.69, 9.17) is 22.7 Å². The Morgan fingerprint density at radius 3 is 2.33 bits per heavy atom. The molecule has 0 saturated carbocycles. The minimum absolute atomic E-state index is 0.0509. The molecule has 0 unspecified atom stereocenters. The summed E-state index contributed by atoms with van der Waals surface area (Å²) in [6, 6.07) is 0. The van der Waals surface area contributed by atoms with Crippen molar-refractivity contribution in [2.24, 2.45) is 11.1 Å². The quantitative estimate of drug-likeness (QED) is 0.581. The maximum Gasteiger partial charge on any atom is 0.0836 e. The monoisotopic (exact) mass is 145 g/mol. The Balaban J connectivity index is 2.57. The first-order chi connectivity index (χ1) is 4.21. The molecule has 0 radical (unpaired) electrons. The minimum atomic E-state index is 0.0509. The van der Waals surface area contributed by atoms with Gasteiger partial charge in [-0.15, -0.1) is 0 Å². The van der Waals surface area contributed by atoms with Crippen molar-refractivity contribution in [3.05, 3.63) is 0 Å². The van der Waals surface area contributed by atoms with Crippen molar-refractivity contribution in [1.82, 2.24) is 0 Å². The van der Waals surface area contributed by atoms with Gasteiger partial charge in [0.05, 0.1) is 23.6 Å². The zero-order valence-electron chi connectivity index (χ0n) is 5.52. The van der Waals surface area contributed by atoms with Gasteiger partial charge >= 0.3 is 0 Å². The lowest BCUT2D eigenvalue weighted by Gasteiger charge is -2.39. The second kappa shape index (κ2) is 2.23. The second-order valence-corrected chi connectivity index (χ2v) is 2.93. The van der Waals surface area contributed by atoms with Gasteiger partial charge < -0.3 is 10.5 Å². The fourth-order valence-corrected chi connectivity index (χ4v) is 1.13. The van der Waals surface area contributed by atoms with Crippen molar-refractivity contribution in [1.29, 1.82) is 0 Å². The molecule has 0 aromatic heterocycles. The lowest BCUT2D eigenvalue weighted by Crippen LogP contribution is -2.50. The van der Waals surface area contributed by atoms with Crippen LogP contribution in [0.25, 0.3) is 0 Å². The molecule has 0 amide bonds. The molecule has 0 aromatic carbocycles. The van der Waals surface area contributed by atoms with Crippen LogP contribution in [0.1, 0.15) is 13.3 Å². The molecule has 0 spiro atoms. The highest BCUT2D eigenvalue weighted by molar-refractivity contribution is 7.80. The zero-order chi connectivity index (χ0) is 6.91. The van der Waals surface area contributed by atoms with Gasteiger partial charge in [-0.1, -0.05) is 19.1 Å². The van der Waals surface area contributed by atoms with E-state index >= 15 is 0 Å². The van der Waals surface area contributed by atoms with Crippen LogP contribution >= 0.6 is 12.2 Å². The molecule has 1 fully saturated rings. The molecule has 1 heterocycles. The first-order valence-electron chi connectivity index (χ1n) is 3.09. The van der Waals surface area contributed by atoms with Crippen molar-refractivity contribution in [3.8, 4) is 0 Å². The van der Waals surface area contributed by atoms with Crippen molar-refractivity contribution >= 4 is 17.2 Å². The van der Waals surface area contributed by atoms with Gasteiger partial charge in [-0.3, -0.25) is 0 Å². The highest BCUT2D eigenvalue weighted by Gasteiger charge is 2.39. The topological polar surface area (TPSA) is 35.2 Å². The van der Waals surface area contributed by atoms with E-state index < -0.39 is 0 Å². The standard InChI is InChI=1S/C6H11NOS/c1-2-6(5(7)9)3-8-4-6/h2-4H2,1H3,(H2,7,9). The van der Waals surface area contributed by atoms with Crippen LogP contribution < -0.4 is 5.73 Å². The third-order valence-electron chi connectivity index (χ3n) is 1.96. The molecule has 1 aliphatic heterocycles. The van der Waals surface area contributed by atoms with Crippen LogP contribution in [0, 0.1) is 5.41 Å². The summed E-state index contributed by atoms with van der Waals surface area (Å²) in [6.45, 7) is 3.53. The summed E-state index contributed by atoms with van der Waals surface area (Å²) in [7, 11) is 0. The molecule has 0 aliphatic carbocycles. The van der Waals surface area contributed by atoms with Gasteiger partial charge in [-0.05, 0) is 6.42 Å². The Bertz CT molecular complexity index is 126. The smallest absolute Gasteiger partial charge is 0.0836 e. The summed E-state index contributed by atoms with van der Waals surface area (Å²) in [5, 5.41) is 0. The van der Waals surface area contributed by atoms with Gasteiger partial charge in [0, 0.05) is 0 Å². The van der Waals surface area contributed by atoms with Crippen molar-refractivity contribution < 1.29 is 4.74 Å². The molecular formula is C6H11NOS. The average molecular weight is 145 g/mol. The molecular weight excluding hydrogens is 134 g/mol. The van der Waals surface area contributed by atoms with Gasteiger partial charge in [0.1, 0.15) is 0 Å². The van der Waals surface area contributed by atoms with Crippen LogP contribution in [0.15, 0.2) is 0 Å². The van der Waals surface area contributed by atoms with Crippen molar-refractivity contribution in [2.45, 2.75) is 13.3 Å². The third kappa shape index (κ3) is 0.946. The SMILES string of the molecule is CCC1(C(N)=S)COC1. The molecule has 2 N–H and O–H groups in total. The Hall–Kier alpha value is -0.150. The van der Waals surface area contributed by atoms with E-state index in [2.05, 4.69) is 6.92 Å².